The Morgan fingerprint density at radius 2 is 2.06 bits per heavy atom. The molecule has 1 heterocycles. The summed E-state index contributed by atoms with van der Waals surface area (Å²) in [6.07, 6.45) is 0.839. The lowest BCUT2D eigenvalue weighted by Gasteiger charge is -2.41. The largest absolute Gasteiger partial charge is 0.330 e. The first-order chi connectivity index (χ1) is 8.27. The molecule has 2 unspecified atom stereocenters. The first-order valence-electron chi connectivity index (χ1n) is 5.74. The van der Waals surface area contributed by atoms with Crippen LogP contribution in [-0.2, 0) is 9.59 Å². The first-order valence-corrected chi connectivity index (χ1v) is 6.53. The third-order valence-corrected chi connectivity index (χ3v) is 3.82. The lowest BCUT2D eigenvalue weighted by Crippen LogP contribution is -2.64. The fourth-order valence-electron chi connectivity index (χ4n) is 2.20. The normalized spacial score (nSPS) is 26.0. The smallest absolute Gasteiger partial charge is 0.277 e. The molecule has 1 fully saturated rings. The summed E-state index contributed by atoms with van der Waals surface area (Å²) in [4.78, 5) is 37.0. The van der Waals surface area contributed by atoms with Gasteiger partial charge in [-0.25, -0.2) is 4.79 Å². The molecule has 0 saturated carbocycles. The van der Waals surface area contributed by atoms with Gasteiger partial charge in [-0.2, -0.15) is 0 Å². The summed E-state index contributed by atoms with van der Waals surface area (Å²) in [5, 5.41) is 2.24. The van der Waals surface area contributed by atoms with Crippen LogP contribution in [0, 0.1) is 11.3 Å². The van der Waals surface area contributed by atoms with Gasteiger partial charge in [0.05, 0.1) is 0 Å². The van der Waals surface area contributed by atoms with Crippen molar-refractivity contribution in [3.8, 4) is 0 Å². The second kappa shape index (κ2) is 5.22. The Morgan fingerprint density at radius 3 is 2.50 bits per heavy atom. The number of hydrogen-bond donors (Lipinski definition) is 1. The number of imide groups is 2. The quantitative estimate of drug-likeness (QED) is 0.807. The molecule has 2 atom stereocenters. The van der Waals surface area contributed by atoms with Crippen molar-refractivity contribution in [3.63, 3.8) is 0 Å². The SMILES string of the molecule is C=C(Br)CC1(C(C)CC)C(=O)NC(=O)N(C)C1=O. The fraction of sp³-hybridized carbons (Fsp3) is 0.583. The highest BCUT2D eigenvalue weighted by Gasteiger charge is 2.55. The topological polar surface area (TPSA) is 66.5 Å². The summed E-state index contributed by atoms with van der Waals surface area (Å²) in [5.41, 5.74) is -1.25. The number of amides is 4. The molecule has 1 rings (SSSR count). The molecule has 0 radical (unpaired) electrons. The van der Waals surface area contributed by atoms with E-state index in [0.29, 0.717) is 10.9 Å². The molecule has 1 N–H and O–H groups in total. The Labute approximate surface area is 115 Å². The molecule has 18 heavy (non-hydrogen) atoms. The maximum absolute atomic E-state index is 12.4. The summed E-state index contributed by atoms with van der Waals surface area (Å²) in [6, 6.07) is -0.677. The fourth-order valence-corrected chi connectivity index (χ4v) is 2.64. The highest BCUT2D eigenvalue weighted by Crippen LogP contribution is 2.41. The lowest BCUT2D eigenvalue weighted by molar-refractivity contribution is -0.154. The average Bonchev–Trinajstić information content (AvgIpc) is 2.30. The van der Waals surface area contributed by atoms with E-state index in [1.165, 1.54) is 7.05 Å². The third-order valence-electron chi connectivity index (χ3n) is 3.54. The molecule has 0 bridgehead atoms. The van der Waals surface area contributed by atoms with Gasteiger partial charge in [0, 0.05) is 13.5 Å². The molecule has 1 aliphatic heterocycles. The van der Waals surface area contributed by atoms with Crippen molar-refractivity contribution in [2.45, 2.75) is 26.7 Å². The van der Waals surface area contributed by atoms with E-state index >= 15 is 0 Å². The number of halogens is 1. The van der Waals surface area contributed by atoms with Crippen molar-refractivity contribution < 1.29 is 14.4 Å². The van der Waals surface area contributed by atoms with Gasteiger partial charge in [0.15, 0.2) is 0 Å². The first kappa shape index (κ1) is 14.9. The lowest BCUT2D eigenvalue weighted by atomic mass is 9.69. The summed E-state index contributed by atoms with van der Waals surface area (Å²) in [6.45, 7) is 7.44. The molecule has 5 nitrogen and oxygen atoms in total. The van der Waals surface area contributed by atoms with Crippen LogP contribution >= 0.6 is 15.9 Å². The number of nitrogens with one attached hydrogen (secondary N) is 1. The van der Waals surface area contributed by atoms with Crippen LogP contribution in [-0.4, -0.2) is 29.8 Å². The van der Waals surface area contributed by atoms with Gasteiger partial charge in [-0.1, -0.05) is 42.8 Å². The Hall–Kier alpha value is -1.17. The third kappa shape index (κ3) is 2.21. The van der Waals surface area contributed by atoms with E-state index in [4.69, 9.17) is 0 Å². The predicted octanol–water partition coefficient (Wildman–Crippen LogP) is 2.03. The van der Waals surface area contributed by atoms with E-state index in [2.05, 4.69) is 27.8 Å². The van der Waals surface area contributed by atoms with Gasteiger partial charge in [-0.15, -0.1) is 0 Å². The standard InChI is InChI=1S/C12H17BrN2O3/c1-5-7(2)12(6-8(3)13)9(16)14-11(18)15(4)10(12)17/h7H,3,5-6H2,1-2,4H3,(H,14,16,18). The summed E-state index contributed by atoms with van der Waals surface area (Å²) in [7, 11) is 1.37. The van der Waals surface area contributed by atoms with Gasteiger partial charge in [0.25, 0.3) is 0 Å². The molecule has 1 aliphatic rings. The molecule has 0 spiro atoms. The van der Waals surface area contributed by atoms with E-state index in [-0.39, 0.29) is 12.3 Å². The van der Waals surface area contributed by atoms with Crippen LogP contribution in [0.5, 0.6) is 0 Å². The Bertz CT molecular complexity index is 422. The number of hydrogen-bond acceptors (Lipinski definition) is 3. The highest BCUT2D eigenvalue weighted by molar-refractivity contribution is 9.11. The molecule has 0 aliphatic carbocycles. The van der Waals surface area contributed by atoms with Crippen LogP contribution < -0.4 is 5.32 Å². The monoisotopic (exact) mass is 316 g/mol. The molecule has 6 heteroatoms. The van der Waals surface area contributed by atoms with Gasteiger partial charge >= 0.3 is 6.03 Å². The Morgan fingerprint density at radius 1 is 1.50 bits per heavy atom. The van der Waals surface area contributed by atoms with Crippen LogP contribution in [0.4, 0.5) is 4.79 Å². The number of rotatable bonds is 4. The zero-order chi connectivity index (χ0) is 14.1. The zero-order valence-corrected chi connectivity index (χ0v) is 12.3. The molecule has 0 aromatic heterocycles. The van der Waals surface area contributed by atoms with E-state index in [1.54, 1.807) is 0 Å². The maximum Gasteiger partial charge on any atom is 0.330 e. The maximum atomic E-state index is 12.4. The molecule has 100 valence electrons. The minimum absolute atomic E-state index is 0.185. The van der Waals surface area contributed by atoms with Crippen molar-refractivity contribution in [2.24, 2.45) is 11.3 Å². The zero-order valence-electron chi connectivity index (χ0n) is 10.7. The second-order valence-corrected chi connectivity index (χ2v) is 5.72. The molecule has 0 aromatic rings. The number of nitrogens with zero attached hydrogens (tertiary/aromatic N) is 1. The van der Waals surface area contributed by atoms with Gasteiger partial charge in [-0.3, -0.25) is 19.8 Å². The van der Waals surface area contributed by atoms with E-state index < -0.39 is 23.3 Å². The van der Waals surface area contributed by atoms with Gasteiger partial charge in [-0.05, 0) is 10.4 Å². The molecular weight excluding hydrogens is 300 g/mol. The predicted molar refractivity (Wildman–Crippen MR) is 70.9 cm³/mol. The van der Waals surface area contributed by atoms with Gasteiger partial charge < -0.3 is 0 Å². The van der Waals surface area contributed by atoms with Crippen molar-refractivity contribution in [1.29, 1.82) is 0 Å². The van der Waals surface area contributed by atoms with Crippen LogP contribution in [0.15, 0.2) is 11.1 Å². The number of urea groups is 1. The highest BCUT2D eigenvalue weighted by atomic mass is 79.9. The summed E-state index contributed by atoms with van der Waals surface area (Å²) >= 11 is 3.20. The van der Waals surface area contributed by atoms with E-state index in [1.807, 2.05) is 13.8 Å². The number of carbonyl (C=O) groups is 3. The van der Waals surface area contributed by atoms with Crippen molar-refractivity contribution >= 4 is 33.8 Å². The second-order valence-electron chi connectivity index (χ2n) is 4.60. The van der Waals surface area contributed by atoms with Crippen molar-refractivity contribution in [2.75, 3.05) is 7.05 Å². The van der Waals surface area contributed by atoms with Crippen LogP contribution in [0.2, 0.25) is 0 Å². The van der Waals surface area contributed by atoms with Crippen molar-refractivity contribution in [3.05, 3.63) is 11.1 Å². The molecule has 4 amide bonds. The number of barbiturate groups is 1. The van der Waals surface area contributed by atoms with Gasteiger partial charge in [0.1, 0.15) is 5.41 Å². The minimum Gasteiger partial charge on any atom is -0.277 e. The molecule has 0 aromatic carbocycles. The van der Waals surface area contributed by atoms with Crippen LogP contribution in [0.25, 0.3) is 0 Å². The summed E-state index contributed by atoms with van der Waals surface area (Å²) in [5.74, 6) is -1.19. The molecular formula is C12H17BrN2O3. The van der Waals surface area contributed by atoms with Crippen molar-refractivity contribution in [1.82, 2.24) is 10.2 Å². The Kier molecular flexibility index (Phi) is 4.32. The average molecular weight is 317 g/mol. The number of carbonyl (C=O) groups excluding carboxylic acids is 3. The minimum atomic E-state index is -1.25. The van der Waals surface area contributed by atoms with E-state index in [0.717, 1.165) is 4.90 Å². The summed E-state index contributed by atoms with van der Waals surface area (Å²) < 4.78 is 0.564. The van der Waals surface area contributed by atoms with Gasteiger partial charge in [0.2, 0.25) is 11.8 Å². The molecule has 1 saturated heterocycles. The van der Waals surface area contributed by atoms with Crippen LogP contribution in [0.1, 0.15) is 26.7 Å². The Balaban J connectivity index is 3.30. The number of allylic oxidation sites excluding steroid dienone is 1. The van der Waals surface area contributed by atoms with Crippen LogP contribution in [0.3, 0.4) is 0 Å². The van der Waals surface area contributed by atoms with E-state index in [9.17, 15) is 14.4 Å².